The van der Waals surface area contributed by atoms with Crippen LogP contribution in [0.2, 0.25) is 0 Å². The summed E-state index contributed by atoms with van der Waals surface area (Å²) in [5.41, 5.74) is 1.74. The minimum Gasteiger partial charge on any atom is -0.338 e. The molecule has 1 saturated heterocycles. The number of hydrogen-bond donors (Lipinski definition) is 0. The summed E-state index contributed by atoms with van der Waals surface area (Å²) in [6.07, 6.45) is 3.87. The summed E-state index contributed by atoms with van der Waals surface area (Å²) in [5, 5.41) is 9.71. The van der Waals surface area contributed by atoms with E-state index in [2.05, 4.69) is 13.8 Å². The molecule has 136 valence electrons. The molecule has 2 heterocycles. The number of fused-ring (bicyclic) bond motifs is 1. The van der Waals surface area contributed by atoms with Gasteiger partial charge in [-0.1, -0.05) is 32.0 Å². The van der Waals surface area contributed by atoms with Crippen LogP contribution in [0.4, 0.5) is 5.69 Å². The molecular formula is C21H25N3O2. The van der Waals surface area contributed by atoms with E-state index in [1.54, 1.807) is 9.80 Å². The van der Waals surface area contributed by atoms with E-state index in [0.717, 1.165) is 31.4 Å². The first-order valence-corrected chi connectivity index (χ1v) is 9.39. The van der Waals surface area contributed by atoms with Crippen LogP contribution in [0.1, 0.15) is 45.1 Å². The van der Waals surface area contributed by atoms with Crippen molar-refractivity contribution < 1.29 is 9.59 Å². The Hall–Kier alpha value is -2.61. The quantitative estimate of drug-likeness (QED) is 0.617. The monoisotopic (exact) mass is 351 g/mol. The van der Waals surface area contributed by atoms with Crippen molar-refractivity contribution in [2.45, 2.75) is 39.5 Å². The lowest BCUT2D eigenvalue weighted by molar-refractivity contribution is -0.127. The molecule has 1 aromatic rings. The first-order chi connectivity index (χ1) is 12.5. The fraction of sp³-hybridized carbons (Fsp3) is 0.476. The van der Waals surface area contributed by atoms with Crippen LogP contribution in [0.3, 0.4) is 0 Å². The van der Waals surface area contributed by atoms with Crippen LogP contribution >= 0.6 is 0 Å². The molecule has 0 radical (unpaired) electrons. The molecule has 0 saturated carbocycles. The highest BCUT2D eigenvalue weighted by Crippen LogP contribution is 2.39. The van der Waals surface area contributed by atoms with Gasteiger partial charge in [-0.15, -0.1) is 0 Å². The molecule has 2 aliphatic heterocycles. The zero-order valence-electron chi connectivity index (χ0n) is 15.5. The number of carbonyl (C=O) groups is 2. The average molecular weight is 351 g/mol. The molecule has 0 bridgehead atoms. The molecule has 2 amide bonds. The molecule has 5 nitrogen and oxygen atoms in total. The number of para-hydroxylation sites is 1. The Kier molecular flexibility index (Phi) is 5.41. The Morgan fingerprint density at radius 1 is 1.19 bits per heavy atom. The number of benzene rings is 1. The lowest BCUT2D eigenvalue weighted by Gasteiger charge is -2.26. The van der Waals surface area contributed by atoms with E-state index in [4.69, 9.17) is 0 Å². The van der Waals surface area contributed by atoms with Crippen molar-refractivity contribution in [3.05, 3.63) is 35.4 Å². The van der Waals surface area contributed by atoms with Gasteiger partial charge in [0.05, 0.1) is 11.3 Å². The highest BCUT2D eigenvalue weighted by Gasteiger charge is 2.37. The van der Waals surface area contributed by atoms with E-state index < -0.39 is 0 Å². The molecule has 3 rings (SSSR count). The second kappa shape index (κ2) is 7.74. The molecule has 0 atom stereocenters. The van der Waals surface area contributed by atoms with Crippen molar-refractivity contribution in [1.82, 2.24) is 4.90 Å². The Morgan fingerprint density at radius 2 is 1.88 bits per heavy atom. The lowest BCUT2D eigenvalue weighted by Crippen LogP contribution is -2.37. The predicted molar refractivity (Wildman–Crippen MR) is 101 cm³/mol. The van der Waals surface area contributed by atoms with E-state index >= 15 is 0 Å². The number of likely N-dealkylation sites (tertiary alicyclic amines) is 1. The van der Waals surface area contributed by atoms with Crippen LogP contribution < -0.4 is 4.90 Å². The van der Waals surface area contributed by atoms with E-state index in [9.17, 15) is 14.9 Å². The second-order valence-electron chi connectivity index (χ2n) is 7.37. The predicted octanol–water partition coefficient (Wildman–Crippen LogP) is 3.37. The summed E-state index contributed by atoms with van der Waals surface area (Å²) in [6.45, 7) is 6.13. The SMILES string of the molecule is CC(C)CCN1C(=O)C(=C(C#N)C(=O)N2CCCCC2)c2ccccc21. The van der Waals surface area contributed by atoms with E-state index in [-0.39, 0.29) is 23.0 Å². The van der Waals surface area contributed by atoms with Crippen molar-refractivity contribution in [2.24, 2.45) is 5.92 Å². The summed E-state index contributed by atoms with van der Waals surface area (Å²) < 4.78 is 0. The molecule has 1 fully saturated rings. The molecule has 5 heteroatoms. The van der Waals surface area contributed by atoms with Gasteiger partial charge < -0.3 is 9.80 Å². The number of carbonyl (C=O) groups excluding carboxylic acids is 2. The maximum absolute atomic E-state index is 13.1. The summed E-state index contributed by atoms with van der Waals surface area (Å²) in [5.74, 6) is -0.0711. The maximum Gasteiger partial charge on any atom is 0.265 e. The molecule has 0 spiro atoms. The first-order valence-electron chi connectivity index (χ1n) is 9.39. The van der Waals surface area contributed by atoms with Gasteiger partial charge in [-0.25, -0.2) is 0 Å². The fourth-order valence-corrected chi connectivity index (χ4v) is 3.60. The van der Waals surface area contributed by atoms with Crippen LogP contribution in [0, 0.1) is 17.2 Å². The van der Waals surface area contributed by atoms with Crippen LogP contribution in [0.5, 0.6) is 0 Å². The number of piperidine rings is 1. The molecule has 0 aromatic heterocycles. The van der Waals surface area contributed by atoms with Gasteiger partial charge in [-0.2, -0.15) is 5.26 Å². The topological polar surface area (TPSA) is 64.4 Å². The van der Waals surface area contributed by atoms with Gasteiger partial charge in [0, 0.05) is 25.2 Å². The number of rotatable bonds is 4. The highest BCUT2D eigenvalue weighted by molar-refractivity contribution is 6.37. The van der Waals surface area contributed by atoms with Crippen LogP contribution in [-0.4, -0.2) is 36.3 Å². The molecule has 0 unspecified atom stereocenters. The maximum atomic E-state index is 13.1. The Bertz CT molecular complexity index is 783. The Labute approximate surface area is 154 Å². The molecule has 0 aliphatic carbocycles. The summed E-state index contributed by atoms with van der Waals surface area (Å²) in [6, 6.07) is 9.49. The average Bonchev–Trinajstić information content (AvgIpc) is 2.93. The van der Waals surface area contributed by atoms with Gasteiger partial charge in [0.15, 0.2) is 0 Å². The van der Waals surface area contributed by atoms with Crippen molar-refractivity contribution in [3.8, 4) is 6.07 Å². The standard InChI is InChI=1S/C21H25N3O2/c1-15(2)10-13-24-18-9-5-4-8-16(18)19(21(24)26)17(14-22)20(25)23-11-6-3-7-12-23/h4-5,8-9,15H,3,6-7,10-13H2,1-2H3. The second-order valence-corrected chi connectivity index (χ2v) is 7.37. The third kappa shape index (κ3) is 3.37. The first kappa shape index (κ1) is 18.2. The van der Waals surface area contributed by atoms with Gasteiger partial charge in [0.25, 0.3) is 11.8 Å². The zero-order chi connectivity index (χ0) is 18.7. The lowest BCUT2D eigenvalue weighted by atomic mass is 10.00. The number of anilines is 1. The molecule has 2 aliphatic rings. The minimum absolute atomic E-state index is 0.0172. The normalized spacial score (nSPS) is 18.8. The van der Waals surface area contributed by atoms with Gasteiger partial charge in [-0.05, 0) is 37.7 Å². The van der Waals surface area contributed by atoms with Crippen molar-refractivity contribution in [2.75, 3.05) is 24.5 Å². The number of hydrogen-bond acceptors (Lipinski definition) is 3. The van der Waals surface area contributed by atoms with E-state index in [1.165, 1.54) is 0 Å². The van der Waals surface area contributed by atoms with Gasteiger partial charge >= 0.3 is 0 Å². The summed E-state index contributed by atoms with van der Waals surface area (Å²) in [4.78, 5) is 29.5. The molecule has 26 heavy (non-hydrogen) atoms. The number of nitriles is 1. The van der Waals surface area contributed by atoms with Crippen molar-refractivity contribution in [1.29, 1.82) is 5.26 Å². The summed E-state index contributed by atoms with van der Waals surface area (Å²) >= 11 is 0. The largest absolute Gasteiger partial charge is 0.338 e. The Morgan fingerprint density at radius 3 is 2.54 bits per heavy atom. The third-order valence-electron chi connectivity index (χ3n) is 5.07. The van der Waals surface area contributed by atoms with Crippen LogP contribution in [-0.2, 0) is 9.59 Å². The van der Waals surface area contributed by atoms with Crippen molar-refractivity contribution >= 4 is 23.1 Å². The smallest absolute Gasteiger partial charge is 0.265 e. The minimum atomic E-state index is -0.309. The molecule has 0 N–H and O–H groups in total. The third-order valence-corrected chi connectivity index (χ3v) is 5.07. The van der Waals surface area contributed by atoms with Crippen LogP contribution in [0.25, 0.3) is 5.57 Å². The van der Waals surface area contributed by atoms with Gasteiger partial charge in [-0.3, -0.25) is 9.59 Å². The van der Waals surface area contributed by atoms with Gasteiger partial charge in [0.1, 0.15) is 11.6 Å². The number of nitrogens with zero attached hydrogens (tertiary/aromatic N) is 3. The summed E-state index contributed by atoms with van der Waals surface area (Å²) in [7, 11) is 0. The van der Waals surface area contributed by atoms with Gasteiger partial charge in [0.2, 0.25) is 0 Å². The molecule has 1 aromatic carbocycles. The van der Waals surface area contributed by atoms with E-state index in [0.29, 0.717) is 31.1 Å². The van der Waals surface area contributed by atoms with Crippen LogP contribution in [0.15, 0.2) is 29.8 Å². The Balaban J connectivity index is 2.01. The zero-order valence-corrected chi connectivity index (χ0v) is 15.5. The van der Waals surface area contributed by atoms with Crippen molar-refractivity contribution in [3.63, 3.8) is 0 Å². The number of amides is 2. The van der Waals surface area contributed by atoms with E-state index in [1.807, 2.05) is 30.3 Å². The fourth-order valence-electron chi connectivity index (χ4n) is 3.60. The highest BCUT2D eigenvalue weighted by atomic mass is 16.2. The molecular weight excluding hydrogens is 326 g/mol.